The standard InChI is InChI=1S/C7H12N2S2/c1-5(2)10-4-7-9-3-6(8)11-7/h3,5H,4,8H2,1-2H3. The van der Waals surface area contributed by atoms with Crippen molar-refractivity contribution in [3.63, 3.8) is 0 Å². The molecule has 0 unspecified atom stereocenters. The summed E-state index contributed by atoms with van der Waals surface area (Å²) >= 11 is 3.47. The highest BCUT2D eigenvalue weighted by Crippen LogP contribution is 2.22. The van der Waals surface area contributed by atoms with Crippen molar-refractivity contribution >= 4 is 28.1 Å². The summed E-state index contributed by atoms with van der Waals surface area (Å²) in [4.78, 5) is 4.16. The normalized spacial score (nSPS) is 10.8. The van der Waals surface area contributed by atoms with Crippen molar-refractivity contribution in [1.29, 1.82) is 0 Å². The van der Waals surface area contributed by atoms with Crippen molar-refractivity contribution in [3.8, 4) is 0 Å². The van der Waals surface area contributed by atoms with E-state index >= 15 is 0 Å². The summed E-state index contributed by atoms with van der Waals surface area (Å²) in [5.74, 6) is 0.986. The fourth-order valence-corrected chi connectivity index (χ4v) is 2.10. The highest BCUT2D eigenvalue weighted by molar-refractivity contribution is 7.99. The minimum absolute atomic E-state index is 0.667. The Balaban J connectivity index is 2.39. The van der Waals surface area contributed by atoms with Crippen molar-refractivity contribution in [3.05, 3.63) is 11.2 Å². The van der Waals surface area contributed by atoms with Crippen LogP contribution in [0, 0.1) is 0 Å². The Kier molecular flexibility index (Phi) is 3.20. The van der Waals surface area contributed by atoms with Crippen LogP contribution in [0.25, 0.3) is 0 Å². The number of nitrogen functional groups attached to an aromatic ring is 1. The summed E-state index contributed by atoms with van der Waals surface area (Å²) in [7, 11) is 0. The van der Waals surface area contributed by atoms with Crippen LogP contribution in [0.15, 0.2) is 6.20 Å². The van der Waals surface area contributed by atoms with E-state index in [1.165, 1.54) is 0 Å². The molecule has 62 valence electrons. The monoisotopic (exact) mass is 188 g/mol. The number of anilines is 1. The van der Waals surface area contributed by atoms with Gasteiger partial charge in [-0.1, -0.05) is 13.8 Å². The fourth-order valence-electron chi connectivity index (χ4n) is 0.629. The number of nitrogens with two attached hydrogens (primary N) is 1. The summed E-state index contributed by atoms with van der Waals surface area (Å²) in [6.45, 7) is 4.36. The molecule has 1 aromatic rings. The first-order valence-corrected chi connectivity index (χ1v) is 5.37. The van der Waals surface area contributed by atoms with Crippen molar-refractivity contribution in [1.82, 2.24) is 4.98 Å². The van der Waals surface area contributed by atoms with E-state index in [9.17, 15) is 0 Å². The van der Waals surface area contributed by atoms with Gasteiger partial charge in [0.2, 0.25) is 0 Å². The third-order valence-corrected chi connectivity index (χ3v) is 3.23. The zero-order chi connectivity index (χ0) is 8.27. The zero-order valence-corrected chi connectivity index (χ0v) is 8.34. The summed E-state index contributed by atoms with van der Waals surface area (Å²) < 4.78 is 0. The first-order chi connectivity index (χ1) is 5.18. The van der Waals surface area contributed by atoms with E-state index < -0.39 is 0 Å². The van der Waals surface area contributed by atoms with E-state index in [1.807, 2.05) is 11.8 Å². The molecule has 0 aliphatic rings. The summed E-state index contributed by atoms with van der Waals surface area (Å²) in [6.07, 6.45) is 1.72. The van der Waals surface area contributed by atoms with Crippen LogP contribution in [0.3, 0.4) is 0 Å². The number of nitrogens with zero attached hydrogens (tertiary/aromatic N) is 1. The summed E-state index contributed by atoms with van der Waals surface area (Å²) in [5, 5.41) is 2.60. The van der Waals surface area contributed by atoms with Gasteiger partial charge in [0.15, 0.2) is 0 Å². The summed E-state index contributed by atoms with van der Waals surface area (Å²) in [5.41, 5.74) is 5.53. The number of hydrogen-bond donors (Lipinski definition) is 1. The topological polar surface area (TPSA) is 38.9 Å². The zero-order valence-electron chi connectivity index (χ0n) is 6.70. The lowest BCUT2D eigenvalue weighted by atomic mass is 10.6. The first-order valence-electron chi connectivity index (χ1n) is 3.50. The molecule has 2 N–H and O–H groups in total. The number of rotatable bonds is 3. The highest BCUT2D eigenvalue weighted by atomic mass is 32.2. The lowest BCUT2D eigenvalue weighted by Crippen LogP contribution is -1.87. The maximum Gasteiger partial charge on any atom is 0.106 e. The van der Waals surface area contributed by atoms with Crippen LogP contribution in [0.1, 0.15) is 18.9 Å². The van der Waals surface area contributed by atoms with Crippen LogP contribution in [-0.2, 0) is 5.75 Å². The molecule has 0 spiro atoms. The largest absolute Gasteiger partial charge is 0.389 e. The molecule has 0 amide bonds. The molecule has 0 fully saturated rings. The van der Waals surface area contributed by atoms with E-state index in [2.05, 4.69) is 18.8 Å². The molecule has 0 bridgehead atoms. The van der Waals surface area contributed by atoms with Crippen molar-refractivity contribution in [2.75, 3.05) is 5.73 Å². The molecule has 2 nitrogen and oxygen atoms in total. The van der Waals surface area contributed by atoms with Gasteiger partial charge in [0.05, 0.1) is 6.20 Å². The van der Waals surface area contributed by atoms with Crippen LogP contribution in [0.4, 0.5) is 5.00 Å². The Morgan fingerprint density at radius 1 is 1.73 bits per heavy atom. The lowest BCUT2D eigenvalue weighted by molar-refractivity contribution is 1.10. The summed E-state index contributed by atoms with van der Waals surface area (Å²) in [6, 6.07) is 0. The Bertz CT molecular complexity index is 220. The van der Waals surface area contributed by atoms with Gasteiger partial charge in [-0.2, -0.15) is 11.8 Å². The predicted octanol–water partition coefficient (Wildman–Crippen LogP) is 2.37. The van der Waals surface area contributed by atoms with Crippen molar-refractivity contribution < 1.29 is 0 Å². The van der Waals surface area contributed by atoms with Gasteiger partial charge in [0.25, 0.3) is 0 Å². The minimum Gasteiger partial charge on any atom is -0.389 e. The third-order valence-electron chi connectivity index (χ3n) is 1.11. The molecule has 4 heteroatoms. The van der Waals surface area contributed by atoms with Gasteiger partial charge in [-0.05, 0) is 5.25 Å². The molecule has 11 heavy (non-hydrogen) atoms. The highest BCUT2D eigenvalue weighted by Gasteiger charge is 2.00. The maximum absolute atomic E-state index is 5.53. The van der Waals surface area contributed by atoms with E-state index in [1.54, 1.807) is 17.5 Å². The Morgan fingerprint density at radius 2 is 2.45 bits per heavy atom. The predicted molar refractivity (Wildman–Crippen MR) is 53.0 cm³/mol. The molecule has 0 aliphatic carbocycles. The molecule has 0 saturated heterocycles. The third kappa shape index (κ3) is 3.12. The van der Waals surface area contributed by atoms with Crippen LogP contribution >= 0.6 is 23.1 Å². The number of thiazole rings is 1. The number of aromatic nitrogens is 1. The smallest absolute Gasteiger partial charge is 0.106 e. The second kappa shape index (κ2) is 3.97. The van der Waals surface area contributed by atoms with E-state index in [4.69, 9.17) is 5.73 Å². The Hall–Kier alpha value is -0.220. The van der Waals surface area contributed by atoms with Crippen LogP contribution < -0.4 is 5.73 Å². The number of thioether (sulfide) groups is 1. The van der Waals surface area contributed by atoms with Gasteiger partial charge in [0.1, 0.15) is 10.0 Å². The lowest BCUT2D eigenvalue weighted by Gasteiger charge is -1.99. The molecule has 1 aromatic heterocycles. The molecule has 0 radical (unpaired) electrons. The molecule has 0 aromatic carbocycles. The molecule has 0 atom stereocenters. The second-order valence-corrected chi connectivity index (χ2v) is 5.23. The quantitative estimate of drug-likeness (QED) is 0.791. The van der Waals surface area contributed by atoms with E-state index in [0.717, 1.165) is 15.8 Å². The van der Waals surface area contributed by atoms with Crippen molar-refractivity contribution in [2.45, 2.75) is 24.9 Å². The Morgan fingerprint density at radius 3 is 2.91 bits per heavy atom. The van der Waals surface area contributed by atoms with Gasteiger partial charge in [0, 0.05) is 5.75 Å². The SMILES string of the molecule is CC(C)SCc1ncc(N)s1. The van der Waals surface area contributed by atoms with Crippen LogP contribution in [0.5, 0.6) is 0 Å². The van der Waals surface area contributed by atoms with Gasteiger partial charge in [-0.15, -0.1) is 11.3 Å². The molecular weight excluding hydrogens is 176 g/mol. The van der Waals surface area contributed by atoms with Crippen LogP contribution in [-0.4, -0.2) is 10.2 Å². The fraction of sp³-hybridized carbons (Fsp3) is 0.571. The number of hydrogen-bond acceptors (Lipinski definition) is 4. The molecule has 1 heterocycles. The van der Waals surface area contributed by atoms with Crippen molar-refractivity contribution in [2.24, 2.45) is 0 Å². The molecular formula is C7H12N2S2. The average Bonchev–Trinajstić information content (AvgIpc) is 2.31. The average molecular weight is 188 g/mol. The van der Waals surface area contributed by atoms with E-state index in [0.29, 0.717) is 5.25 Å². The minimum atomic E-state index is 0.667. The van der Waals surface area contributed by atoms with Gasteiger partial charge < -0.3 is 5.73 Å². The molecule has 0 saturated carbocycles. The van der Waals surface area contributed by atoms with Gasteiger partial charge in [-0.25, -0.2) is 4.98 Å². The maximum atomic E-state index is 5.53. The molecule has 0 aliphatic heterocycles. The van der Waals surface area contributed by atoms with Gasteiger partial charge >= 0.3 is 0 Å². The van der Waals surface area contributed by atoms with Gasteiger partial charge in [-0.3, -0.25) is 0 Å². The molecule has 1 rings (SSSR count). The van der Waals surface area contributed by atoms with Crippen LogP contribution in [0.2, 0.25) is 0 Å². The first kappa shape index (κ1) is 8.87. The Labute approximate surface area is 75.2 Å². The second-order valence-electron chi connectivity index (χ2n) is 2.52. The van der Waals surface area contributed by atoms with E-state index in [-0.39, 0.29) is 0 Å².